The second-order valence-corrected chi connectivity index (χ2v) is 12.4. The fraction of sp³-hybridized carbons (Fsp3) is 0.870. The van der Waals surface area contributed by atoms with Gasteiger partial charge >= 0.3 is 0 Å². The monoisotopic (exact) mass is 422 g/mol. The summed E-state index contributed by atoms with van der Waals surface area (Å²) < 4.78 is 34.9. The van der Waals surface area contributed by atoms with Crippen LogP contribution in [-0.4, -0.2) is 39.3 Å². The molecule has 5 nitrogen and oxygen atoms in total. The van der Waals surface area contributed by atoms with Crippen molar-refractivity contribution in [1.29, 1.82) is 0 Å². The molecule has 0 amide bonds. The molecule has 6 heteroatoms. The lowest BCUT2D eigenvalue weighted by Gasteiger charge is -2.58. The zero-order valence-corrected chi connectivity index (χ0v) is 18.8. The Morgan fingerprint density at radius 2 is 1.93 bits per heavy atom. The van der Waals surface area contributed by atoms with E-state index < -0.39 is 10.1 Å². The maximum atomic E-state index is 12.5. The number of ketones is 1. The molecule has 2 unspecified atom stereocenters. The molecule has 5 rings (SSSR count). The van der Waals surface area contributed by atoms with Gasteiger partial charge in [0.2, 0.25) is 0 Å². The highest BCUT2D eigenvalue weighted by molar-refractivity contribution is 7.85. The Labute approximate surface area is 174 Å². The predicted octanol–water partition coefficient (Wildman–Crippen LogP) is 3.73. The molecule has 0 aromatic rings. The average molecular weight is 423 g/mol. The van der Waals surface area contributed by atoms with Crippen LogP contribution in [0, 0.1) is 40.4 Å². The Kier molecular flexibility index (Phi) is 4.45. The molecular weight excluding hydrogens is 388 g/mol. The lowest BCUT2D eigenvalue weighted by Crippen LogP contribution is -2.56. The molecule has 162 valence electrons. The molecule has 3 saturated carbocycles. The Balaban J connectivity index is 1.52. The fourth-order valence-corrected chi connectivity index (χ4v) is 8.63. The van der Waals surface area contributed by atoms with E-state index in [1.54, 1.807) is 0 Å². The zero-order chi connectivity index (χ0) is 20.8. The summed E-state index contributed by atoms with van der Waals surface area (Å²) in [5, 5.41) is 0. The smallest absolute Gasteiger partial charge is 0.264 e. The van der Waals surface area contributed by atoms with E-state index in [4.69, 9.17) is 8.92 Å². The highest BCUT2D eigenvalue weighted by Gasteiger charge is 2.70. The van der Waals surface area contributed by atoms with E-state index >= 15 is 0 Å². The van der Waals surface area contributed by atoms with Crippen molar-refractivity contribution < 1.29 is 22.1 Å². The van der Waals surface area contributed by atoms with E-state index in [1.165, 1.54) is 25.7 Å². The van der Waals surface area contributed by atoms with Crippen LogP contribution in [0.3, 0.4) is 0 Å². The highest BCUT2D eigenvalue weighted by Crippen LogP contribution is 2.71. The van der Waals surface area contributed by atoms with Gasteiger partial charge in [0.25, 0.3) is 10.1 Å². The second kappa shape index (κ2) is 6.39. The number of ether oxygens (including phenoxy) is 1. The molecule has 0 spiro atoms. The summed E-state index contributed by atoms with van der Waals surface area (Å²) in [4.78, 5) is 12.5. The minimum Gasteiger partial charge on any atom is -0.365 e. The van der Waals surface area contributed by atoms with E-state index in [0.29, 0.717) is 29.6 Å². The molecule has 1 heterocycles. The Hall–Kier alpha value is -0.720. The van der Waals surface area contributed by atoms with Gasteiger partial charge in [-0.25, -0.2) is 0 Å². The summed E-state index contributed by atoms with van der Waals surface area (Å²) in [6.45, 7) is 7.20. The van der Waals surface area contributed by atoms with Crippen LogP contribution in [0.4, 0.5) is 0 Å². The molecule has 5 aliphatic rings. The molecule has 4 fully saturated rings. The quantitative estimate of drug-likeness (QED) is 0.510. The van der Waals surface area contributed by atoms with Crippen LogP contribution in [0.2, 0.25) is 0 Å². The summed E-state index contributed by atoms with van der Waals surface area (Å²) in [5.74, 6) is 2.41. The van der Waals surface area contributed by atoms with Crippen molar-refractivity contribution in [2.24, 2.45) is 40.4 Å². The first-order chi connectivity index (χ1) is 13.6. The van der Waals surface area contributed by atoms with Gasteiger partial charge in [0.1, 0.15) is 6.10 Å². The van der Waals surface area contributed by atoms with Gasteiger partial charge in [-0.05, 0) is 66.4 Å². The van der Waals surface area contributed by atoms with Gasteiger partial charge in [0.15, 0.2) is 5.78 Å². The topological polar surface area (TPSA) is 73.0 Å². The summed E-state index contributed by atoms with van der Waals surface area (Å²) in [7, 11) is -3.53. The molecule has 4 aliphatic carbocycles. The molecule has 0 N–H and O–H groups in total. The first-order valence-electron chi connectivity index (χ1n) is 11.3. The number of hydrogen-bond acceptors (Lipinski definition) is 5. The van der Waals surface area contributed by atoms with Gasteiger partial charge in [-0.2, -0.15) is 8.42 Å². The van der Waals surface area contributed by atoms with Crippen molar-refractivity contribution in [3.05, 3.63) is 11.6 Å². The normalized spacial score (nSPS) is 50.8. The molecule has 1 saturated heterocycles. The van der Waals surface area contributed by atoms with Crippen LogP contribution >= 0.6 is 0 Å². The third-order valence-corrected chi connectivity index (χ3v) is 10.3. The Bertz CT molecular complexity index is 862. The van der Waals surface area contributed by atoms with E-state index in [2.05, 4.69) is 20.8 Å². The maximum absolute atomic E-state index is 12.5. The van der Waals surface area contributed by atoms with Gasteiger partial charge in [0, 0.05) is 17.8 Å². The van der Waals surface area contributed by atoms with E-state index in [1.807, 2.05) is 6.08 Å². The van der Waals surface area contributed by atoms with Gasteiger partial charge in [0.05, 0.1) is 19.0 Å². The van der Waals surface area contributed by atoms with Gasteiger partial charge in [-0.15, -0.1) is 0 Å². The van der Waals surface area contributed by atoms with Crippen molar-refractivity contribution in [2.75, 3.05) is 12.9 Å². The first kappa shape index (κ1) is 20.2. The molecule has 0 bridgehead atoms. The highest BCUT2D eigenvalue weighted by atomic mass is 32.2. The lowest BCUT2D eigenvalue weighted by atomic mass is 9.45. The van der Waals surface area contributed by atoms with Crippen LogP contribution in [0.5, 0.6) is 0 Å². The van der Waals surface area contributed by atoms with Crippen molar-refractivity contribution in [3.63, 3.8) is 0 Å². The minimum atomic E-state index is -3.53. The van der Waals surface area contributed by atoms with Crippen molar-refractivity contribution in [3.8, 4) is 0 Å². The lowest BCUT2D eigenvalue weighted by molar-refractivity contribution is -0.121. The Morgan fingerprint density at radius 1 is 1.17 bits per heavy atom. The number of epoxide rings is 1. The average Bonchev–Trinajstić information content (AvgIpc) is 3.35. The Morgan fingerprint density at radius 3 is 2.62 bits per heavy atom. The number of hydrogen-bond donors (Lipinski definition) is 0. The summed E-state index contributed by atoms with van der Waals surface area (Å²) in [6, 6.07) is 0. The first-order valence-corrected chi connectivity index (χ1v) is 13.2. The van der Waals surface area contributed by atoms with Gasteiger partial charge in [-0.1, -0.05) is 27.2 Å². The van der Waals surface area contributed by atoms with Crippen LogP contribution < -0.4 is 0 Å². The predicted molar refractivity (Wildman–Crippen MR) is 110 cm³/mol. The van der Waals surface area contributed by atoms with E-state index in [9.17, 15) is 13.2 Å². The number of carbonyl (C=O) groups excluding carboxylic acids is 1. The SMILES string of the molecule is CC[C@H]1CC[C@H]2[C@@H]3[C@H]4OC4C4=CC(=O)CC(COS(C)(=O)=O)[C@]4(C)[C@H]3CC[C@]12C. The van der Waals surface area contributed by atoms with E-state index in [0.717, 1.165) is 24.2 Å². The van der Waals surface area contributed by atoms with Crippen LogP contribution in [0.25, 0.3) is 0 Å². The van der Waals surface area contributed by atoms with E-state index in [-0.39, 0.29) is 35.9 Å². The van der Waals surface area contributed by atoms with Gasteiger partial charge < -0.3 is 4.74 Å². The largest absolute Gasteiger partial charge is 0.365 e. The standard InChI is InChI=1S/C23H34O5S/c1-5-13-6-7-16-19-17(8-9-22(13,16)2)23(3)14(12-27-29(4,25)26)10-15(24)11-18(23)20-21(19)28-20/h11,13-14,16-17,19-21H,5-10,12H2,1-4H3/t13-,14?,16-,17-,19-,20?,21+,22+,23+/m0/s1. The van der Waals surface area contributed by atoms with Crippen LogP contribution in [-0.2, 0) is 23.8 Å². The van der Waals surface area contributed by atoms with Gasteiger partial charge in [-0.3, -0.25) is 8.98 Å². The molecule has 0 aromatic heterocycles. The third kappa shape index (κ3) is 2.85. The number of carbonyl (C=O) groups is 1. The zero-order valence-electron chi connectivity index (χ0n) is 18.0. The molecular formula is C23H34O5S. The maximum Gasteiger partial charge on any atom is 0.264 e. The molecule has 9 atom stereocenters. The summed E-state index contributed by atoms with van der Waals surface area (Å²) in [5.41, 5.74) is 1.30. The van der Waals surface area contributed by atoms with Crippen LogP contribution in [0.15, 0.2) is 11.6 Å². The molecule has 29 heavy (non-hydrogen) atoms. The number of fused-ring (bicyclic) bond motifs is 8. The van der Waals surface area contributed by atoms with Crippen molar-refractivity contribution in [2.45, 2.75) is 71.5 Å². The molecule has 1 aliphatic heterocycles. The molecule has 0 radical (unpaired) electrons. The fourth-order valence-electron chi connectivity index (χ4n) is 8.22. The van der Waals surface area contributed by atoms with Crippen molar-refractivity contribution >= 4 is 15.9 Å². The minimum absolute atomic E-state index is 0.0502. The summed E-state index contributed by atoms with van der Waals surface area (Å²) in [6.07, 6.45) is 9.81. The number of rotatable bonds is 4. The van der Waals surface area contributed by atoms with Crippen molar-refractivity contribution in [1.82, 2.24) is 0 Å². The van der Waals surface area contributed by atoms with Crippen LogP contribution in [0.1, 0.15) is 59.3 Å². The third-order valence-electron chi connectivity index (χ3n) is 9.72. The second-order valence-electron chi connectivity index (χ2n) is 10.8. The summed E-state index contributed by atoms with van der Waals surface area (Å²) >= 11 is 0. The molecule has 0 aromatic carbocycles.